The lowest BCUT2D eigenvalue weighted by molar-refractivity contribution is -0.139. The van der Waals surface area contributed by atoms with Crippen molar-refractivity contribution < 1.29 is 22.7 Å². The lowest BCUT2D eigenvalue weighted by Gasteiger charge is -2.32. The zero-order valence-corrected chi connectivity index (χ0v) is 26.0. The van der Waals surface area contributed by atoms with E-state index in [0.29, 0.717) is 17.4 Å². The molecule has 0 heterocycles. The van der Waals surface area contributed by atoms with E-state index >= 15 is 0 Å². The Morgan fingerprint density at radius 2 is 1.60 bits per heavy atom. The molecule has 0 aliphatic carbocycles. The SMILES string of the molecule is CCOc1ccccc1N(CC(=O)N(Cc1ccc(Br)cc1)C(C)C(=O)NC(C)C)S(=O)(=O)c1ccc(Cl)cc1. The molecule has 0 bridgehead atoms. The minimum atomic E-state index is -4.24. The van der Waals surface area contributed by atoms with E-state index < -0.39 is 28.5 Å². The van der Waals surface area contributed by atoms with Gasteiger partial charge in [-0.05, 0) is 81.8 Å². The van der Waals surface area contributed by atoms with Crippen molar-refractivity contribution in [2.75, 3.05) is 17.5 Å². The van der Waals surface area contributed by atoms with Crippen LogP contribution >= 0.6 is 27.5 Å². The molecule has 0 saturated carbocycles. The van der Waals surface area contributed by atoms with Gasteiger partial charge in [-0.15, -0.1) is 0 Å². The van der Waals surface area contributed by atoms with Gasteiger partial charge in [0.1, 0.15) is 18.3 Å². The van der Waals surface area contributed by atoms with Crippen LogP contribution in [-0.2, 0) is 26.2 Å². The molecule has 3 aromatic rings. The molecular formula is C29H33BrClN3O5S. The summed E-state index contributed by atoms with van der Waals surface area (Å²) in [5, 5.41) is 3.22. The Kier molecular flexibility index (Phi) is 11.0. The molecule has 2 amide bonds. The van der Waals surface area contributed by atoms with Gasteiger partial charge >= 0.3 is 0 Å². The quantitative estimate of drug-likeness (QED) is 0.274. The number of carbonyl (C=O) groups excluding carboxylic acids is 2. The summed E-state index contributed by atoms with van der Waals surface area (Å²) in [6.07, 6.45) is 0. The number of nitrogens with zero attached hydrogens (tertiary/aromatic N) is 2. The molecule has 214 valence electrons. The number of halogens is 2. The highest BCUT2D eigenvalue weighted by atomic mass is 79.9. The molecule has 0 aliphatic heterocycles. The molecule has 1 unspecified atom stereocenters. The van der Waals surface area contributed by atoms with Crippen molar-refractivity contribution in [3.05, 3.63) is 87.9 Å². The molecule has 0 radical (unpaired) electrons. The predicted molar refractivity (Wildman–Crippen MR) is 161 cm³/mol. The van der Waals surface area contributed by atoms with Crippen LogP contribution in [0.4, 0.5) is 5.69 Å². The van der Waals surface area contributed by atoms with E-state index in [4.69, 9.17) is 16.3 Å². The highest BCUT2D eigenvalue weighted by Gasteiger charge is 2.34. The van der Waals surface area contributed by atoms with Crippen LogP contribution in [-0.4, -0.2) is 50.4 Å². The summed E-state index contributed by atoms with van der Waals surface area (Å²) in [7, 11) is -4.24. The van der Waals surface area contributed by atoms with Crippen molar-refractivity contribution in [2.45, 2.75) is 51.2 Å². The average molecular weight is 651 g/mol. The van der Waals surface area contributed by atoms with E-state index in [2.05, 4.69) is 21.2 Å². The summed E-state index contributed by atoms with van der Waals surface area (Å²) < 4.78 is 35.6. The number of rotatable bonds is 12. The first-order valence-electron chi connectivity index (χ1n) is 12.8. The number of hydrogen-bond donors (Lipinski definition) is 1. The maximum absolute atomic E-state index is 14.0. The lowest BCUT2D eigenvalue weighted by Crippen LogP contribution is -2.52. The van der Waals surface area contributed by atoms with E-state index in [1.807, 2.05) is 38.1 Å². The van der Waals surface area contributed by atoms with Crippen LogP contribution in [0.15, 0.2) is 82.2 Å². The molecular weight excluding hydrogens is 618 g/mol. The Balaban J connectivity index is 2.08. The topological polar surface area (TPSA) is 96.0 Å². The van der Waals surface area contributed by atoms with Crippen molar-refractivity contribution in [1.29, 1.82) is 0 Å². The van der Waals surface area contributed by atoms with Gasteiger partial charge < -0.3 is 15.0 Å². The molecule has 1 N–H and O–H groups in total. The molecule has 3 aromatic carbocycles. The summed E-state index contributed by atoms with van der Waals surface area (Å²) in [5.74, 6) is -0.596. The molecule has 0 aromatic heterocycles. The van der Waals surface area contributed by atoms with Crippen molar-refractivity contribution in [2.24, 2.45) is 0 Å². The summed E-state index contributed by atoms with van der Waals surface area (Å²) in [6.45, 7) is 6.90. The van der Waals surface area contributed by atoms with Gasteiger partial charge in [0, 0.05) is 22.1 Å². The Morgan fingerprint density at radius 1 is 0.975 bits per heavy atom. The zero-order valence-electron chi connectivity index (χ0n) is 22.8. The first kappa shape index (κ1) is 31.4. The third-order valence-corrected chi connectivity index (χ3v) is 8.53. The maximum Gasteiger partial charge on any atom is 0.264 e. The molecule has 40 heavy (non-hydrogen) atoms. The molecule has 8 nitrogen and oxygen atoms in total. The minimum absolute atomic E-state index is 0.0407. The normalized spacial score (nSPS) is 12.1. The second-order valence-corrected chi connectivity index (χ2v) is 12.6. The summed E-state index contributed by atoms with van der Waals surface area (Å²) in [4.78, 5) is 28.4. The zero-order chi connectivity index (χ0) is 29.4. The number of para-hydroxylation sites is 2. The molecule has 0 aliphatic rings. The van der Waals surface area contributed by atoms with Gasteiger partial charge in [-0.3, -0.25) is 13.9 Å². The van der Waals surface area contributed by atoms with E-state index in [-0.39, 0.29) is 29.1 Å². The summed E-state index contributed by atoms with van der Waals surface area (Å²) in [5.41, 5.74) is 0.984. The molecule has 3 rings (SSSR count). The first-order valence-corrected chi connectivity index (χ1v) is 15.4. The third kappa shape index (κ3) is 7.99. The smallest absolute Gasteiger partial charge is 0.264 e. The van der Waals surface area contributed by atoms with Gasteiger partial charge in [0.15, 0.2) is 0 Å². The second kappa shape index (κ2) is 14.0. The van der Waals surface area contributed by atoms with E-state index in [1.165, 1.54) is 29.2 Å². The van der Waals surface area contributed by atoms with E-state index in [9.17, 15) is 18.0 Å². The minimum Gasteiger partial charge on any atom is -0.492 e. The fraction of sp³-hybridized carbons (Fsp3) is 0.310. The van der Waals surface area contributed by atoms with Crippen LogP contribution in [0, 0.1) is 0 Å². The number of carbonyl (C=O) groups is 2. The summed E-state index contributed by atoms with van der Waals surface area (Å²) >= 11 is 9.42. The van der Waals surface area contributed by atoms with E-state index in [0.717, 1.165) is 14.3 Å². The van der Waals surface area contributed by atoms with Gasteiger partial charge in [0.2, 0.25) is 11.8 Å². The number of hydrogen-bond acceptors (Lipinski definition) is 5. The Morgan fingerprint density at radius 3 is 2.20 bits per heavy atom. The molecule has 11 heteroatoms. The van der Waals surface area contributed by atoms with Gasteiger partial charge in [0.05, 0.1) is 17.2 Å². The van der Waals surface area contributed by atoms with Crippen molar-refractivity contribution in [3.63, 3.8) is 0 Å². The third-order valence-electron chi connectivity index (χ3n) is 5.98. The number of ether oxygens (including phenoxy) is 1. The number of sulfonamides is 1. The second-order valence-electron chi connectivity index (χ2n) is 9.35. The molecule has 0 saturated heterocycles. The van der Waals surface area contributed by atoms with Crippen LogP contribution in [0.1, 0.15) is 33.3 Å². The predicted octanol–water partition coefficient (Wildman–Crippen LogP) is 5.64. The fourth-order valence-electron chi connectivity index (χ4n) is 3.96. The van der Waals surface area contributed by atoms with Crippen LogP contribution in [0.2, 0.25) is 5.02 Å². The Bertz CT molecular complexity index is 1420. The maximum atomic E-state index is 14.0. The number of benzene rings is 3. The summed E-state index contributed by atoms with van der Waals surface area (Å²) in [6, 6.07) is 18.7. The van der Waals surface area contributed by atoms with Gasteiger partial charge in [-0.25, -0.2) is 8.42 Å². The monoisotopic (exact) mass is 649 g/mol. The van der Waals surface area contributed by atoms with Crippen molar-refractivity contribution >= 4 is 55.1 Å². The average Bonchev–Trinajstić information content (AvgIpc) is 2.91. The van der Waals surface area contributed by atoms with Crippen LogP contribution in [0.25, 0.3) is 0 Å². The number of anilines is 1. The molecule has 0 spiro atoms. The van der Waals surface area contributed by atoms with Gasteiger partial charge in [0.25, 0.3) is 10.0 Å². The molecule has 1 atom stereocenters. The highest BCUT2D eigenvalue weighted by molar-refractivity contribution is 9.10. The van der Waals surface area contributed by atoms with Crippen molar-refractivity contribution in [1.82, 2.24) is 10.2 Å². The Labute approximate surface area is 249 Å². The number of nitrogens with one attached hydrogen (secondary N) is 1. The first-order chi connectivity index (χ1) is 18.9. The van der Waals surface area contributed by atoms with Gasteiger partial charge in [-0.1, -0.05) is 51.8 Å². The van der Waals surface area contributed by atoms with Crippen molar-refractivity contribution in [3.8, 4) is 5.75 Å². The Hall–Kier alpha value is -3.08. The largest absolute Gasteiger partial charge is 0.492 e. The van der Waals surface area contributed by atoms with Crippen LogP contribution < -0.4 is 14.4 Å². The highest BCUT2D eigenvalue weighted by Crippen LogP contribution is 2.33. The van der Waals surface area contributed by atoms with Crippen LogP contribution in [0.5, 0.6) is 5.75 Å². The van der Waals surface area contributed by atoms with Gasteiger partial charge in [-0.2, -0.15) is 0 Å². The van der Waals surface area contributed by atoms with Crippen LogP contribution in [0.3, 0.4) is 0 Å². The standard InChI is InChI=1S/C29H33BrClN3O5S/c1-5-39-27-9-7-6-8-26(27)34(40(37,38)25-16-14-24(31)15-17-25)19-28(35)33(21(4)29(36)32-20(2)3)18-22-10-12-23(30)13-11-22/h6-17,20-21H,5,18-19H2,1-4H3,(H,32,36). The fourth-order valence-corrected chi connectivity index (χ4v) is 5.78. The molecule has 0 fully saturated rings. The van der Waals surface area contributed by atoms with E-state index in [1.54, 1.807) is 38.1 Å². The number of amides is 2. The lowest BCUT2D eigenvalue weighted by atomic mass is 10.1.